The van der Waals surface area contributed by atoms with Gasteiger partial charge in [-0.15, -0.1) is 0 Å². The summed E-state index contributed by atoms with van der Waals surface area (Å²) in [6, 6.07) is 5.91. The van der Waals surface area contributed by atoms with E-state index in [2.05, 4.69) is 10.8 Å². The molecular weight excluding hydrogens is 202 g/mol. The highest BCUT2D eigenvalue weighted by Crippen LogP contribution is 2.48. The molecule has 0 amide bonds. The van der Waals surface area contributed by atoms with Gasteiger partial charge in [-0.05, 0) is 30.9 Å². The molecule has 0 bridgehead atoms. The van der Waals surface area contributed by atoms with Crippen molar-refractivity contribution in [1.29, 1.82) is 0 Å². The second-order valence-electron chi connectivity index (χ2n) is 3.44. The first-order chi connectivity index (χ1) is 7.22. The first kappa shape index (κ1) is 10.2. The van der Waals surface area contributed by atoms with E-state index < -0.39 is 6.61 Å². The number of hydrogen-bond acceptors (Lipinski definition) is 2. The van der Waals surface area contributed by atoms with Crippen molar-refractivity contribution in [1.82, 2.24) is 0 Å². The van der Waals surface area contributed by atoms with Crippen LogP contribution in [0, 0.1) is 6.07 Å². The summed E-state index contributed by atoms with van der Waals surface area (Å²) in [4.78, 5) is 0. The summed E-state index contributed by atoms with van der Waals surface area (Å²) < 4.78 is 33.8. The molecule has 0 aliphatic heterocycles. The second-order valence-corrected chi connectivity index (χ2v) is 3.44. The van der Waals surface area contributed by atoms with Gasteiger partial charge >= 0.3 is 6.61 Å². The Balaban J connectivity index is 2.34. The molecule has 2 nitrogen and oxygen atoms in total. The highest BCUT2D eigenvalue weighted by molar-refractivity contribution is 5.48. The molecule has 1 fully saturated rings. The van der Waals surface area contributed by atoms with Crippen LogP contribution in [0.4, 0.5) is 8.78 Å². The quantitative estimate of drug-likeness (QED) is 0.765. The Morgan fingerprint density at radius 3 is 2.73 bits per heavy atom. The number of methoxy groups -OCH3 is 1. The molecule has 0 aromatic heterocycles. The molecule has 4 heteroatoms. The van der Waals surface area contributed by atoms with Crippen molar-refractivity contribution >= 4 is 0 Å². The van der Waals surface area contributed by atoms with Crippen molar-refractivity contribution in [2.24, 2.45) is 0 Å². The fourth-order valence-electron chi connectivity index (χ4n) is 1.60. The minimum Gasteiger partial charge on any atom is -0.496 e. The molecule has 0 heterocycles. The standard InChI is InChI=1S/C11H11F2O2/c1-14-8-3-2-4-9(15-11(12)13)10(8)7-5-6-7/h2,4,7,11H,5-6H2,1H3. The predicted octanol–water partition coefficient (Wildman–Crippen LogP) is 2.97. The summed E-state index contributed by atoms with van der Waals surface area (Å²) in [7, 11) is 1.50. The first-order valence-electron chi connectivity index (χ1n) is 4.75. The Bertz CT molecular complexity index is 348. The van der Waals surface area contributed by atoms with Gasteiger partial charge in [-0.25, -0.2) is 0 Å². The summed E-state index contributed by atoms with van der Waals surface area (Å²) in [6.45, 7) is -2.80. The maximum Gasteiger partial charge on any atom is 0.387 e. The van der Waals surface area contributed by atoms with E-state index >= 15 is 0 Å². The number of rotatable bonds is 4. The zero-order chi connectivity index (χ0) is 10.8. The summed E-state index contributed by atoms with van der Waals surface area (Å²) >= 11 is 0. The molecule has 0 atom stereocenters. The van der Waals surface area contributed by atoms with Gasteiger partial charge in [0, 0.05) is 11.6 Å². The van der Waals surface area contributed by atoms with Crippen LogP contribution in [0.2, 0.25) is 0 Å². The third-order valence-electron chi connectivity index (χ3n) is 2.36. The predicted molar refractivity (Wildman–Crippen MR) is 50.4 cm³/mol. The van der Waals surface area contributed by atoms with Crippen LogP contribution < -0.4 is 9.47 Å². The molecule has 0 unspecified atom stereocenters. The molecule has 2 rings (SSSR count). The molecule has 1 aliphatic carbocycles. The van der Waals surface area contributed by atoms with Crippen molar-refractivity contribution in [3.05, 3.63) is 23.8 Å². The van der Waals surface area contributed by atoms with Gasteiger partial charge < -0.3 is 9.47 Å². The Kier molecular flexibility index (Phi) is 2.75. The largest absolute Gasteiger partial charge is 0.496 e. The van der Waals surface area contributed by atoms with Gasteiger partial charge in [-0.2, -0.15) is 8.78 Å². The summed E-state index contributed by atoms with van der Waals surface area (Å²) in [5.74, 6) is 1.00. The van der Waals surface area contributed by atoms with E-state index in [1.807, 2.05) is 0 Å². The van der Waals surface area contributed by atoms with Gasteiger partial charge in [0.25, 0.3) is 0 Å². The van der Waals surface area contributed by atoms with Crippen LogP contribution in [0.5, 0.6) is 11.5 Å². The van der Waals surface area contributed by atoms with Gasteiger partial charge in [-0.1, -0.05) is 0 Å². The van der Waals surface area contributed by atoms with Gasteiger partial charge in [0.2, 0.25) is 0 Å². The Morgan fingerprint density at radius 1 is 1.47 bits per heavy atom. The Labute approximate surface area is 86.8 Å². The zero-order valence-corrected chi connectivity index (χ0v) is 8.30. The van der Waals surface area contributed by atoms with E-state index in [1.54, 1.807) is 0 Å². The lowest BCUT2D eigenvalue weighted by molar-refractivity contribution is -0.0505. The second kappa shape index (κ2) is 4.04. The normalized spacial score (nSPS) is 15.5. The third kappa shape index (κ3) is 2.19. The molecule has 0 N–H and O–H groups in total. The van der Waals surface area contributed by atoms with E-state index in [4.69, 9.17) is 4.74 Å². The van der Waals surface area contributed by atoms with Crippen molar-refractivity contribution in [3.63, 3.8) is 0 Å². The van der Waals surface area contributed by atoms with E-state index in [1.165, 1.54) is 19.2 Å². The Hall–Kier alpha value is -1.32. The topological polar surface area (TPSA) is 18.5 Å². The number of halogens is 2. The molecule has 15 heavy (non-hydrogen) atoms. The molecule has 1 aliphatic rings. The van der Waals surface area contributed by atoms with Crippen molar-refractivity contribution < 1.29 is 18.3 Å². The molecule has 1 radical (unpaired) electrons. The van der Waals surface area contributed by atoms with Crippen LogP contribution in [0.25, 0.3) is 0 Å². The number of benzene rings is 1. The van der Waals surface area contributed by atoms with E-state index in [9.17, 15) is 8.78 Å². The summed E-state index contributed by atoms with van der Waals surface area (Å²) in [5, 5.41) is 0. The molecule has 1 aromatic carbocycles. The van der Waals surface area contributed by atoms with Crippen molar-refractivity contribution in [2.45, 2.75) is 25.4 Å². The number of alkyl halides is 2. The molecule has 1 aromatic rings. The SMILES string of the molecule is COc1[c]ccc(OC(F)F)c1C1CC1. The molecule has 0 saturated heterocycles. The fourth-order valence-corrected chi connectivity index (χ4v) is 1.60. The number of ether oxygens (including phenoxy) is 2. The maximum atomic E-state index is 12.1. The highest BCUT2D eigenvalue weighted by Gasteiger charge is 2.30. The van der Waals surface area contributed by atoms with Gasteiger partial charge in [0.15, 0.2) is 0 Å². The third-order valence-corrected chi connectivity index (χ3v) is 2.36. The van der Waals surface area contributed by atoms with Gasteiger partial charge in [0.1, 0.15) is 11.5 Å². The average Bonchev–Trinajstić information content (AvgIpc) is 3.00. The van der Waals surface area contributed by atoms with Crippen molar-refractivity contribution in [3.8, 4) is 11.5 Å². The van der Waals surface area contributed by atoms with Crippen LogP contribution >= 0.6 is 0 Å². The molecule has 81 valence electrons. The minimum atomic E-state index is -2.80. The van der Waals surface area contributed by atoms with E-state index in [-0.39, 0.29) is 11.7 Å². The van der Waals surface area contributed by atoms with Gasteiger partial charge in [0.05, 0.1) is 7.11 Å². The zero-order valence-electron chi connectivity index (χ0n) is 8.30. The lowest BCUT2D eigenvalue weighted by Gasteiger charge is -2.13. The summed E-state index contributed by atoms with van der Waals surface area (Å²) in [5.41, 5.74) is 0.722. The monoisotopic (exact) mass is 213 g/mol. The van der Waals surface area contributed by atoms with Crippen LogP contribution in [0.3, 0.4) is 0 Å². The molecule has 1 saturated carbocycles. The smallest absolute Gasteiger partial charge is 0.387 e. The minimum absolute atomic E-state index is 0.211. The summed E-state index contributed by atoms with van der Waals surface area (Å²) in [6.07, 6.45) is 1.99. The first-order valence-corrected chi connectivity index (χ1v) is 4.75. The van der Waals surface area contributed by atoms with Crippen LogP contribution in [-0.4, -0.2) is 13.7 Å². The van der Waals surface area contributed by atoms with Crippen LogP contribution in [-0.2, 0) is 0 Å². The lowest BCUT2D eigenvalue weighted by Crippen LogP contribution is -2.05. The van der Waals surface area contributed by atoms with E-state index in [0.717, 1.165) is 18.4 Å². The average molecular weight is 213 g/mol. The van der Waals surface area contributed by atoms with Gasteiger partial charge in [-0.3, -0.25) is 0 Å². The van der Waals surface area contributed by atoms with Crippen LogP contribution in [0.1, 0.15) is 24.3 Å². The van der Waals surface area contributed by atoms with E-state index in [0.29, 0.717) is 5.75 Å². The molecule has 0 spiro atoms. The number of hydrogen-bond donors (Lipinski definition) is 0. The highest BCUT2D eigenvalue weighted by atomic mass is 19.3. The molecular formula is C11H11F2O2. The van der Waals surface area contributed by atoms with Crippen molar-refractivity contribution in [2.75, 3.05) is 7.11 Å². The Morgan fingerprint density at radius 2 is 2.20 bits per heavy atom. The fraction of sp³-hybridized carbons (Fsp3) is 0.455. The van der Waals surface area contributed by atoms with Crippen LogP contribution in [0.15, 0.2) is 12.1 Å². The maximum absolute atomic E-state index is 12.1. The lowest BCUT2D eigenvalue weighted by atomic mass is 10.1.